The molecule has 1 rings (SSSR count). The van der Waals surface area contributed by atoms with E-state index in [4.69, 9.17) is 0 Å². The van der Waals surface area contributed by atoms with Crippen LogP contribution in [0.2, 0.25) is 0 Å². The molecule has 1 unspecified atom stereocenters. The summed E-state index contributed by atoms with van der Waals surface area (Å²) in [5.41, 5.74) is 3.04. The Labute approximate surface area is 94.5 Å². The van der Waals surface area contributed by atoms with Crippen LogP contribution < -0.4 is 0 Å². The molecule has 0 aliphatic rings. The lowest BCUT2D eigenvalue weighted by atomic mass is 9.95. The number of aromatic nitrogens is 1. The first kappa shape index (κ1) is 12.4. The molecule has 0 aromatic carbocycles. The Morgan fingerprint density at radius 3 is 1.60 bits per heavy atom. The maximum atomic E-state index is 2.38. The summed E-state index contributed by atoms with van der Waals surface area (Å²) in [4.78, 5) is 0. The first-order chi connectivity index (χ1) is 6.97. The minimum Gasteiger partial charge on any atom is -0.351 e. The Morgan fingerprint density at radius 1 is 0.933 bits per heavy atom. The topological polar surface area (TPSA) is 4.93 Å². The van der Waals surface area contributed by atoms with Gasteiger partial charge in [-0.2, -0.15) is 0 Å². The maximum Gasteiger partial charge on any atom is 0.0300 e. The van der Waals surface area contributed by atoms with Gasteiger partial charge in [0.05, 0.1) is 0 Å². The molecule has 0 aliphatic heterocycles. The zero-order valence-electron chi connectivity index (χ0n) is 11.0. The average Bonchev–Trinajstić information content (AvgIpc) is 2.61. The van der Waals surface area contributed by atoms with Gasteiger partial charge in [0.25, 0.3) is 0 Å². The fourth-order valence-electron chi connectivity index (χ4n) is 1.94. The SMILES string of the molecule is CCC(C)n1cc(C(C)C)c(C(C)C)c1. The molecule has 0 fully saturated rings. The lowest BCUT2D eigenvalue weighted by Gasteiger charge is -2.10. The van der Waals surface area contributed by atoms with Gasteiger partial charge in [0, 0.05) is 18.4 Å². The number of hydrogen-bond donors (Lipinski definition) is 0. The highest BCUT2D eigenvalue weighted by Gasteiger charge is 2.14. The summed E-state index contributed by atoms with van der Waals surface area (Å²) in [6.07, 6.45) is 5.88. The van der Waals surface area contributed by atoms with E-state index in [2.05, 4.69) is 58.5 Å². The van der Waals surface area contributed by atoms with Crippen LogP contribution in [0, 0.1) is 0 Å². The van der Waals surface area contributed by atoms with E-state index >= 15 is 0 Å². The molecule has 1 nitrogen and oxygen atoms in total. The smallest absolute Gasteiger partial charge is 0.0300 e. The Hall–Kier alpha value is -0.720. The summed E-state index contributed by atoms with van der Waals surface area (Å²) in [5, 5.41) is 0. The van der Waals surface area contributed by atoms with Gasteiger partial charge in [0.2, 0.25) is 0 Å². The van der Waals surface area contributed by atoms with Crippen molar-refractivity contribution in [2.45, 2.75) is 65.8 Å². The van der Waals surface area contributed by atoms with Gasteiger partial charge >= 0.3 is 0 Å². The van der Waals surface area contributed by atoms with E-state index in [1.807, 2.05) is 0 Å². The molecule has 0 saturated heterocycles. The molecule has 0 bridgehead atoms. The summed E-state index contributed by atoms with van der Waals surface area (Å²) >= 11 is 0. The van der Waals surface area contributed by atoms with Crippen molar-refractivity contribution < 1.29 is 0 Å². The third kappa shape index (κ3) is 2.64. The van der Waals surface area contributed by atoms with Gasteiger partial charge in [-0.05, 0) is 36.3 Å². The van der Waals surface area contributed by atoms with Crippen LogP contribution in [0.5, 0.6) is 0 Å². The summed E-state index contributed by atoms with van der Waals surface area (Å²) in [7, 11) is 0. The molecular weight excluding hydrogens is 182 g/mol. The predicted molar refractivity (Wildman–Crippen MR) is 67.6 cm³/mol. The van der Waals surface area contributed by atoms with Crippen molar-refractivity contribution >= 4 is 0 Å². The maximum absolute atomic E-state index is 2.38. The molecule has 0 aliphatic carbocycles. The molecule has 86 valence electrons. The van der Waals surface area contributed by atoms with Crippen molar-refractivity contribution in [1.82, 2.24) is 4.57 Å². The van der Waals surface area contributed by atoms with Crippen LogP contribution >= 0.6 is 0 Å². The highest BCUT2D eigenvalue weighted by atomic mass is 15.0. The first-order valence-electron chi connectivity index (χ1n) is 6.18. The Kier molecular flexibility index (Phi) is 4.01. The standard InChI is InChI=1S/C14H25N/c1-7-12(6)15-8-13(10(2)3)14(9-15)11(4)5/h8-12H,7H2,1-6H3. The molecule has 0 radical (unpaired) electrons. The van der Waals surface area contributed by atoms with Gasteiger partial charge in [-0.15, -0.1) is 0 Å². The van der Waals surface area contributed by atoms with Gasteiger partial charge in [-0.3, -0.25) is 0 Å². The number of rotatable bonds is 4. The van der Waals surface area contributed by atoms with Gasteiger partial charge in [0.1, 0.15) is 0 Å². The van der Waals surface area contributed by atoms with Crippen molar-refractivity contribution in [1.29, 1.82) is 0 Å². The molecule has 0 N–H and O–H groups in total. The van der Waals surface area contributed by atoms with Gasteiger partial charge in [-0.25, -0.2) is 0 Å². The zero-order chi connectivity index (χ0) is 11.6. The van der Waals surface area contributed by atoms with Crippen LogP contribution in [0.25, 0.3) is 0 Å². The van der Waals surface area contributed by atoms with Crippen LogP contribution in [0.1, 0.15) is 77.0 Å². The second-order valence-corrected chi connectivity index (χ2v) is 5.18. The second-order valence-electron chi connectivity index (χ2n) is 5.18. The van der Waals surface area contributed by atoms with Crippen molar-refractivity contribution in [2.24, 2.45) is 0 Å². The van der Waals surface area contributed by atoms with Crippen LogP contribution in [0.4, 0.5) is 0 Å². The number of nitrogens with zero attached hydrogens (tertiary/aromatic N) is 1. The Bertz CT molecular complexity index is 282. The minimum absolute atomic E-state index is 0.620. The van der Waals surface area contributed by atoms with Gasteiger partial charge < -0.3 is 4.57 Å². The summed E-state index contributed by atoms with van der Waals surface area (Å²) in [6.45, 7) is 13.7. The summed E-state index contributed by atoms with van der Waals surface area (Å²) < 4.78 is 2.38. The number of hydrogen-bond acceptors (Lipinski definition) is 0. The van der Waals surface area contributed by atoms with Crippen molar-refractivity contribution in [3.05, 3.63) is 23.5 Å². The van der Waals surface area contributed by atoms with Gasteiger partial charge in [0.15, 0.2) is 0 Å². The highest BCUT2D eigenvalue weighted by Crippen LogP contribution is 2.29. The summed E-state index contributed by atoms with van der Waals surface area (Å²) in [5.74, 6) is 1.26. The van der Waals surface area contributed by atoms with E-state index in [9.17, 15) is 0 Å². The van der Waals surface area contributed by atoms with E-state index in [1.54, 1.807) is 0 Å². The molecule has 1 aromatic heterocycles. The van der Waals surface area contributed by atoms with E-state index in [0.717, 1.165) is 0 Å². The molecule has 1 aromatic rings. The van der Waals surface area contributed by atoms with Crippen molar-refractivity contribution in [2.75, 3.05) is 0 Å². The second kappa shape index (κ2) is 4.87. The zero-order valence-corrected chi connectivity index (χ0v) is 11.0. The van der Waals surface area contributed by atoms with Crippen LogP contribution in [-0.2, 0) is 0 Å². The van der Waals surface area contributed by atoms with Crippen LogP contribution in [-0.4, -0.2) is 4.57 Å². The molecule has 1 atom stereocenters. The van der Waals surface area contributed by atoms with E-state index < -0.39 is 0 Å². The molecular formula is C14H25N. The highest BCUT2D eigenvalue weighted by molar-refractivity contribution is 5.30. The molecule has 0 amide bonds. The molecule has 0 saturated carbocycles. The lowest BCUT2D eigenvalue weighted by molar-refractivity contribution is 0.530. The normalized spacial score (nSPS) is 13.9. The third-order valence-corrected chi connectivity index (χ3v) is 3.25. The van der Waals surface area contributed by atoms with Crippen molar-refractivity contribution in [3.8, 4) is 0 Å². The Morgan fingerprint density at radius 2 is 1.33 bits per heavy atom. The largest absolute Gasteiger partial charge is 0.351 e. The van der Waals surface area contributed by atoms with E-state index in [-0.39, 0.29) is 0 Å². The fraction of sp³-hybridized carbons (Fsp3) is 0.714. The Balaban J connectivity index is 3.09. The molecule has 0 spiro atoms. The lowest BCUT2D eigenvalue weighted by Crippen LogP contribution is -2.00. The van der Waals surface area contributed by atoms with E-state index in [0.29, 0.717) is 17.9 Å². The minimum atomic E-state index is 0.620. The van der Waals surface area contributed by atoms with Gasteiger partial charge in [-0.1, -0.05) is 34.6 Å². The van der Waals surface area contributed by atoms with Crippen molar-refractivity contribution in [3.63, 3.8) is 0 Å². The quantitative estimate of drug-likeness (QED) is 0.674. The third-order valence-electron chi connectivity index (χ3n) is 3.25. The van der Waals surface area contributed by atoms with E-state index in [1.165, 1.54) is 17.5 Å². The monoisotopic (exact) mass is 207 g/mol. The fourth-order valence-corrected chi connectivity index (χ4v) is 1.94. The molecule has 15 heavy (non-hydrogen) atoms. The molecule has 1 heterocycles. The average molecular weight is 207 g/mol. The summed E-state index contributed by atoms with van der Waals surface area (Å²) in [6, 6.07) is 0.620. The molecule has 1 heteroatoms. The first-order valence-corrected chi connectivity index (χ1v) is 6.18. The predicted octanol–water partition coefficient (Wildman–Crippen LogP) is 4.71. The van der Waals surface area contributed by atoms with Crippen LogP contribution in [0.3, 0.4) is 0 Å². The van der Waals surface area contributed by atoms with Crippen LogP contribution in [0.15, 0.2) is 12.4 Å².